The lowest BCUT2D eigenvalue weighted by Gasteiger charge is -2.42. The molecule has 4 aliphatic rings. The Labute approximate surface area is 409 Å². The predicted octanol–water partition coefficient (Wildman–Crippen LogP) is 6.78. The molecule has 370 valence electrons. The van der Waals surface area contributed by atoms with Crippen molar-refractivity contribution in [3.63, 3.8) is 0 Å². The standard InChI is InChI=1S/C52H69N9O7S/c1-10-43(62)59-25-20-52(30-59)18-23-58(24-19-52)50(66)57(8)45(32(3)4)47(63)55-39-27-42-54-40(29-69-42)34-16-17-41-36(26-34)37(46(60(41)11-2)35-14-12-21-53-44(35)33(5)67-9)28-51(6,7)31-68-49(65)38-15-13-22-61(56-38)48(39)64/h10,12,14,16-17,21,26,29,32-33,38-39,45,56H,1,11,13,15,18-20,22-25,27-28,30-31H2,2-9H3,(H,55,63)/t33-,38-,39-,45-/m0/s1. The van der Waals surface area contributed by atoms with Crippen molar-refractivity contribution in [3.05, 3.63) is 70.8 Å². The number of carbonyl (C=O) groups is 5. The van der Waals surface area contributed by atoms with Crippen LogP contribution in [0.25, 0.3) is 33.4 Å². The van der Waals surface area contributed by atoms with Crippen LogP contribution in [0.4, 0.5) is 4.79 Å². The maximum atomic E-state index is 14.7. The minimum Gasteiger partial charge on any atom is -0.464 e. The first-order valence-corrected chi connectivity index (χ1v) is 25.4. The molecule has 3 aromatic heterocycles. The maximum absolute atomic E-state index is 14.7. The Morgan fingerprint density at radius 2 is 1.83 bits per heavy atom. The first-order valence-electron chi connectivity index (χ1n) is 24.5. The number of amides is 5. The average Bonchev–Trinajstić information content (AvgIpc) is 4.07. The summed E-state index contributed by atoms with van der Waals surface area (Å²) in [5.74, 6) is -1.68. The van der Waals surface area contributed by atoms with Gasteiger partial charge in [-0.1, -0.05) is 40.3 Å². The number of fused-ring (bicyclic) bond motifs is 6. The van der Waals surface area contributed by atoms with Gasteiger partial charge in [-0.15, -0.1) is 11.3 Å². The molecule has 8 rings (SSSR count). The first kappa shape index (κ1) is 49.8. The molecule has 69 heavy (non-hydrogen) atoms. The molecule has 4 aliphatic heterocycles. The Morgan fingerprint density at radius 1 is 1.09 bits per heavy atom. The number of pyridine rings is 1. The van der Waals surface area contributed by atoms with Crippen LogP contribution in [0.15, 0.2) is 54.6 Å². The summed E-state index contributed by atoms with van der Waals surface area (Å²) in [7, 11) is 3.34. The molecule has 2 N–H and O–H groups in total. The summed E-state index contributed by atoms with van der Waals surface area (Å²) >= 11 is 1.42. The molecular weight excluding hydrogens is 895 g/mol. The van der Waals surface area contributed by atoms with Crippen LogP contribution in [0.5, 0.6) is 0 Å². The number of benzene rings is 1. The number of piperidine rings is 1. The van der Waals surface area contributed by atoms with Crippen LogP contribution in [0, 0.1) is 16.7 Å². The second-order valence-corrected chi connectivity index (χ2v) is 21.5. The van der Waals surface area contributed by atoms with Crippen molar-refractivity contribution in [2.75, 3.05) is 53.5 Å². The molecule has 4 atom stereocenters. The Kier molecular flexibility index (Phi) is 14.7. The average molecular weight is 964 g/mol. The van der Waals surface area contributed by atoms with Crippen LogP contribution < -0.4 is 10.7 Å². The van der Waals surface area contributed by atoms with E-state index in [1.165, 1.54) is 27.3 Å². The van der Waals surface area contributed by atoms with E-state index in [-0.39, 0.29) is 42.4 Å². The van der Waals surface area contributed by atoms with Crippen molar-refractivity contribution in [2.24, 2.45) is 16.7 Å². The number of aromatic nitrogens is 3. The van der Waals surface area contributed by atoms with E-state index in [9.17, 15) is 24.0 Å². The number of hydrogen-bond donors (Lipinski definition) is 2. The smallest absolute Gasteiger partial charge is 0.324 e. The number of thiazole rings is 1. The van der Waals surface area contributed by atoms with Crippen molar-refractivity contribution in [2.45, 2.75) is 117 Å². The van der Waals surface area contributed by atoms with Crippen LogP contribution in [0.3, 0.4) is 0 Å². The van der Waals surface area contributed by atoms with Crippen LogP contribution in [0.2, 0.25) is 0 Å². The SMILES string of the molecule is C=CC(=O)N1CCC2(CCN(C(=O)N(C)[C@H](C(=O)N[C@H]3Cc4nc(cs4)-c4ccc5c(c4)c(c(-c4cccnc4[C@H](C)OC)n5CC)CC(C)(C)COC(=O)[C@@H]4CCCN(N4)C3=O)C(C)C)CC2)C1. The lowest BCUT2D eigenvalue weighted by Crippen LogP contribution is -2.62. The fourth-order valence-electron chi connectivity index (χ4n) is 10.9. The van der Waals surface area contributed by atoms with Crippen LogP contribution >= 0.6 is 11.3 Å². The molecule has 4 aromatic rings. The van der Waals surface area contributed by atoms with Gasteiger partial charge in [0.25, 0.3) is 5.91 Å². The highest BCUT2D eigenvalue weighted by atomic mass is 32.1. The van der Waals surface area contributed by atoms with E-state index in [1.807, 2.05) is 37.1 Å². The lowest BCUT2D eigenvalue weighted by atomic mass is 9.78. The van der Waals surface area contributed by atoms with E-state index < -0.39 is 41.3 Å². The molecule has 0 aliphatic carbocycles. The highest BCUT2D eigenvalue weighted by Gasteiger charge is 2.44. The topological polar surface area (TPSA) is 172 Å². The van der Waals surface area contributed by atoms with Gasteiger partial charge in [-0.25, -0.2) is 15.2 Å². The zero-order chi connectivity index (χ0) is 49.4. The van der Waals surface area contributed by atoms with E-state index >= 15 is 0 Å². The van der Waals surface area contributed by atoms with Crippen molar-refractivity contribution in [1.29, 1.82) is 0 Å². The van der Waals surface area contributed by atoms with Gasteiger partial charge in [0.2, 0.25) is 11.8 Å². The van der Waals surface area contributed by atoms with E-state index in [4.69, 9.17) is 19.4 Å². The van der Waals surface area contributed by atoms with Crippen LogP contribution in [-0.2, 0) is 48.0 Å². The van der Waals surface area contributed by atoms with E-state index in [2.05, 4.69) is 66.9 Å². The normalized spacial score (nSPS) is 21.5. The first-order chi connectivity index (χ1) is 33.0. The number of rotatable bonds is 9. The van der Waals surface area contributed by atoms with Crippen molar-refractivity contribution < 1.29 is 33.4 Å². The van der Waals surface area contributed by atoms with Gasteiger partial charge < -0.3 is 34.1 Å². The molecule has 0 saturated carbocycles. The zero-order valence-corrected chi connectivity index (χ0v) is 42.3. The van der Waals surface area contributed by atoms with Gasteiger partial charge in [-0.3, -0.25) is 29.2 Å². The number of methoxy groups -OCH3 is 1. The monoisotopic (exact) mass is 964 g/mol. The molecule has 7 heterocycles. The van der Waals surface area contributed by atoms with Crippen LogP contribution in [0.1, 0.15) is 96.0 Å². The summed E-state index contributed by atoms with van der Waals surface area (Å²) in [4.78, 5) is 84.8. The summed E-state index contributed by atoms with van der Waals surface area (Å²) in [5.41, 5.74) is 9.28. The number of likely N-dealkylation sites (N-methyl/N-ethyl adjacent to an activating group) is 1. The van der Waals surface area contributed by atoms with Crippen molar-refractivity contribution in [1.82, 2.24) is 45.0 Å². The minimum atomic E-state index is -1.07. The number of nitrogens with one attached hydrogen (secondary N) is 2. The summed E-state index contributed by atoms with van der Waals surface area (Å²) < 4.78 is 14.3. The van der Waals surface area contributed by atoms with Gasteiger partial charge in [0.1, 0.15) is 18.1 Å². The highest BCUT2D eigenvalue weighted by Crippen LogP contribution is 2.43. The van der Waals surface area contributed by atoms with E-state index in [0.29, 0.717) is 63.5 Å². The molecule has 6 bridgehead atoms. The number of likely N-dealkylation sites (tertiary alicyclic amines) is 2. The number of nitrogens with zero attached hydrogens (tertiary/aromatic N) is 7. The highest BCUT2D eigenvalue weighted by molar-refractivity contribution is 7.10. The minimum absolute atomic E-state index is 0.0371. The molecule has 1 aromatic carbocycles. The number of cyclic esters (lactones) is 1. The fourth-order valence-corrected chi connectivity index (χ4v) is 11.8. The van der Waals surface area contributed by atoms with Crippen LogP contribution in [-0.4, -0.2) is 136 Å². The van der Waals surface area contributed by atoms with Crippen molar-refractivity contribution >= 4 is 52.0 Å². The Bertz CT molecular complexity index is 2600. The summed E-state index contributed by atoms with van der Waals surface area (Å²) in [6.45, 7) is 19.3. The summed E-state index contributed by atoms with van der Waals surface area (Å²) in [5, 5.41) is 8.19. The second kappa shape index (κ2) is 20.4. The molecule has 17 heteroatoms. The lowest BCUT2D eigenvalue weighted by molar-refractivity contribution is -0.155. The summed E-state index contributed by atoms with van der Waals surface area (Å²) in [6.07, 6.45) is 6.98. The molecule has 5 amide bonds. The Balaban J connectivity index is 1.11. The Hall–Kier alpha value is -5.65. The third-order valence-corrected chi connectivity index (χ3v) is 15.7. The molecule has 1 spiro atoms. The number of carbonyl (C=O) groups excluding carboxylic acids is 5. The third kappa shape index (κ3) is 10.2. The molecule has 0 radical (unpaired) electrons. The predicted molar refractivity (Wildman–Crippen MR) is 266 cm³/mol. The number of urea groups is 1. The molecule has 0 unspecified atom stereocenters. The molecule has 3 saturated heterocycles. The van der Waals surface area contributed by atoms with Gasteiger partial charge in [-0.05, 0) is 99.6 Å². The number of hydrogen-bond acceptors (Lipinski definition) is 11. The zero-order valence-electron chi connectivity index (χ0n) is 41.5. The van der Waals surface area contributed by atoms with Gasteiger partial charge in [-0.2, -0.15) is 0 Å². The van der Waals surface area contributed by atoms with Gasteiger partial charge in [0, 0.05) is 98.9 Å². The fraction of sp³-hybridized carbons (Fsp3) is 0.558. The van der Waals surface area contributed by atoms with Gasteiger partial charge >= 0.3 is 12.0 Å². The Morgan fingerprint density at radius 3 is 2.52 bits per heavy atom. The maximum Gasteiger partial charge on any atom is 0.324 e. The molecule has 16 nitrogen and oxygen atoms in total. The van der Waals surface area contributed by atoms with Gasteiger partial charge in [0.15, 0.2) is 0 Å². The number of hydrazine groups is 1. The number of ether oxygens (including phenoxy) is 2. The second-order valence-electron chi connectivity index (χ2n) is 20.6. The van der Waals surface area contributed by atoms with Crippen molar-refractivity contribution in [3.8, 4) is 22.5 Å². The molecular formula is C52H69N9O7S. The number of aryl methyl sites for hydroxylation is 1. The number of esters is 1. The van der Waals surface area contributed by atoms with E-state index in [0.717, 1.165) is 63.9 Å². The largest absolute Gasteiger partial charge is 0.464 e. The summed E-state index contributed by atoms with van der Waals surface area (Å²) in [6, 6.07) is 7.44. The quantitative estimate of drug-likeness (QED) is 0.135. The molecule has 3 fully saturated rings. The third-order valence-electron chi connectivity index (χ3n) is 14.8. The van der Waals surface area contributed by atoms with Gasteiger partial charge in [0.05, 0.1) is 34.8 Å². The van der Waals surface area contributed by atoms with E-state index in [1.54, 1.807) is 25.3 Å².